The van der Waals surface area contributed by atoms with E-state index in [0.29, 0.717) is 19.4 Å². The lowest BCUT2D eigenvalue weighted by Gasteiger charge is -2.24. The molecule has 0 saturated carbocycles. The zero-order valence-corrected chi connectivity index (χ0v) is 10.7. The number of carbonyl (C=O) groups is 2. The minimum absolute atomic E-state index is 0.0117. The molecule has 2 rings (SSSR count). The van der Waals surface area contributed by atoms with Gasteiger partial charge in [-0.05, 0) is 31.9 Å². The fraction of sp³-hybridized carbons (Fsp3) is 0.429. The molecular weight excluding hydrogens is 230 g/mol. The first kappa shape index (κ1) is 12.6. The van der Waals surface area contributed by atoms with Crippen LogP contribution in [0.15, 0.2) is 24.3 Å². The van der Waals surface area contributed by atoms with Crippen molar-refractivity contribution in [3.63, 3.8) is 0 Å². The summed E-state index contributed by atoms with van der Waals surface area (Å²) < 4.78 is 5.03. The zero-order chi connectivity index (χ0) is 13.1. The Balaban J connectivity index is 2.31. The normalized spacial score (nSPS) is 19.1. The molecule has 18 heavy (non-hydrogen) atoms. The molecule has 96 valence electrons. The van der Waals surface area contributed by atoms with Crippen molar-refractivity contribution in [2.75, 3.05) is 11.5 Å². The number of para-hydroxylation sites is 1. The first-order valence-electron chi connectivity index (χ1n) is 6.19. The number of hydrogen-bond acceptors (Lipinski definition) is 3. The van der Waals surface area contributed by atoms with Crippen molar-refractivity contribution in [3.8, 4) is 0 Å². The molecule has 1 aliphatic heterocycles. The minimum atomic E-state index is -0.474. The molecule has 0 bridgehead atoms. The largest absolute Gasteiger partial charge is 0.464 e. The summed E-state index contributed by atoms with van der Waals surface area (Å²) in [5.41, 5.74) is 1.79. The van der Waals surface area contributed by atoms with Gasteiger partial charge in [-0.1, -0.05) is 18.2 Å². The Hall–Kier alpha value is -1.84. The van der Waals surface area contributed by atoms with Gasteiger partial charge in [-0.2, -0.15) is 0 Å². The highest BCUT2D eigenvalue weighted by Gasteiger charge is 2.38. The number of aryl methyl sites for hydroxylation is 1. The lowest BCUT2D eigenvalue weighted by molar-refractivity contribution is -0.144. The minimum Gasteiger partial charge on any atom is -0.464 e. The van der Waals surface area contributed by atoms with Gasteiger partial charge in [0.1, 0.15) is 6.04 Å². The highest BCUT2D eigenvalue weighted by molar-refractivity contribution is 6.03. The average molecular weight is 247 g/mol. The van der Waals surface area contributed by atoms with Crippen molar-refractivity contribution < 1.29 is 14.3 Å². The van der Waals surface area contributed by atoms with E-state index in [4.69, 9.17) is 4.74 Å². The van der Waals surface area contributed by atoms with E-state index in [1.54, 1.807) is 11.8 Å². The van der Waals surface area contributed by atoms with Crippen LogP contribution in [-0.4, -0.2) is 24.5 Å². The predicted molar refractivity (Wildman–Crippen MR) is 68.3 cm³/mol. The zero-order valence-electron chi connectivity index (χ0n) is 10.7. The second kappa shape index (κ2) is 5.21. The number of esters is 1. The third kappa shape index (κ3) is 2.23. The number of ether oxygens (including phenoxy) is 1. The molecule has 0 radical (unpaired) electrons. The summed E-state index contributed by atoms with van der Waals surface area (Å²) in [6.45, 7) is 4.04. The van der Waals surface area contributed by atoms with Gasteiger partial charge in [0.2, 0.25) is 5.91 Å². The van der Waals surface area contributed by atoms with Gasteiger partial charge in [0.15, 0.2) is 0 Å². The van der Waals surface area contributed by atoms with Crippen LogP contribution < -0.4 is 4.90 Å². The Labute approximate surface area is 107 Å². The molecule has 4 nitrogen and oxygen atoms in total. The summed E-state index contributed by atoms with van der Waals surface area (Å²) >= 11 is 0. The van der Waals surface area contributed by atoms with Crippen molar-refractivity contribution in [2.24, 2.45) is 0 Å². The van der Waals surface area contributed by atoms with Crippen LogP contribution in [-0.2, 0) is 14.3 Å². The third-order valence-electron chi connectivity index (χ3n) is 3.15. The van der Waals surface area contributed by atoms with Crippen LogP contribution in [0.2, 0.25) is 0 Å². The Morgan fingerprint density at radius 1 is 1.44 bits per heavy atom. The SMILES string of the molecule is CCOC(=O)C1CCC(=O)N1c1ccccc1C. The lowest BCUT2D eigenvalue weighted by atomic mass is 10.1. The maximum atomic E-state index is 12.0. The molecule has 1 unspecified atom stereocenters. The quantitative estimate of drug-likeness (QED) is 0.768. The van der Waals surface area contributed by atoms with Crippen LogP contribution in [0, 0.1) is 6.92 Å². The number of rotatable bonds is 3. The van der Waals surface area contributed by atoms with E-state index in [9.17, 15) is 9.59 Å². The third-order valence-corrected chi connectivity index (χ3v) is 3.15. The van der Waals surface area contributed by atoms with Crippen LogP contribution in [0.3, 0.4) is 0 Å². The molecule has 1 fully saturated rings. The van der Waals surface area contributed by atoms with Gasteiger partial charge in [0, 0.05) is 12.1 Å². The Morgan fingerprint density at radius 2 is 2.17 bits per heavy atom. The van der Waals surface area contributed by atoms with Crippen LogP contribution in [0.4, 0.5) is 5.69 Å². The standard InChI is InChI=1S/C14H17NO3/c1-3-18-14(17)12-8-9-13(16)15(12)11-7-5-4-6-10(11)2/h4-7,12H,3,8-9H2,1-2H3. The number of benzene rings is 1. The molecule has 0 aromatic heterocycles. The van der Waals surface area contributed by atoms with E-state index in [-0.39, 0.29) is 11.9 Å². The van der Waals surface area contributed by atoms with Crippen LogP contribution >= 0.6 is 0 Å². The summed E-state index contributed by atoms with van der Waals surface area (Å²) in [4.78, 5) is 25.4. The van der Waals surface area contributed by atoms with E-state index >= 15 is 0 Å². The van der Waals surface area contributed by atoms with Gasteiger partial charge in [0.25, 0.3) is 0 Å². The first-order chi connectivity index (χ1) is 8.65. The van der Waals surface area contributed by atoms with Gasteiger partial charge in [-0.15, -0.1) is 0 Å². The van der Waals surface area contributed by atoms with Crippen molar-refractivity contribution >= 4 is 17.6 Å². The molecule has 4 heteroatoms. The smallest absolute Gasteiger partial charge is 0.329 e. The van der Waals surface area contributed by atoms with Gasteiger partial charge in [-0.3, -0.25) is 9.69 Å². The summed E-state index contributed by atoms with van der Waals surface area (Å²) in [7, 11) is 0. The van der Waals surface area contributed by atoms with E-state index in [1.165, 1.54) is 0 Å². The fourth-order valence-corrected chi connectivity index (χ4v) is 2.28. The maximum absolute atomic E-state index is 12.0. The lowest BCUT2D eigenvalue weighted by Crippen LogP contribution is -2.40. The van der Waals surface area contributed by atoms with Crippen molar-refractivity contribution in [1.29, 1.82) is 0 Å². The van der Waals surface area contributed by atoms with E-state index in [2.05, 4.69) is 0 Å². The molecule has 1 aliphatic rings. The van der Waals surface area contributed by atoms with Crippen LogP contribution in [0.25, 0.3) is 0 Å². The second-order valence-corrected chi connectivity index (χ2v) is 4.36. The van der Waals surface area contributed by atoms with Crippen LogP contribution in [0.1, 0.15) is 25.3 Å². The summed E-state index contributed by atoms with van der Waals surface area (Å²) in [5.74, 6) is -0.325. The predicted octanol–water partition coefficient (Wildman–Crippen LogP) is 2.05. The fourth-order valence-electron chi connectivity index (χ4n) is 2.28. The summed E-state index contributed by atoms with van der Waals surface area (Å²) in [6, 6.07) is 7.11. The molecule has 0 N–H and O–H groups in total. The molecule has 0 aliphatic carbocycles. The summed E-state index contributed by atoms with van der Waals surface area (Å²) in [5, 5.41) is 0. The number of nitrogens with zero attached hydrogens (tertiary/aromatic N) is 1. The van der Waals surface area contributed by atoms with Crippen LogP contribution in [0.5, 0.6) is 0 Å². The second-order valence-electron chi connectivity index (χ2n) is 4.36. The maximum Gasteiger partial charge on any atom is 0.329 e. The van der Waals surface area contributed by atoms with Gasteiger partial charge in [0.05, 0.1) is 6.61 Å². The molecule has 1 heterocycles. The number of anilines is 1. The van der Waals surface area contributed by atoms with Crippen molar-refractivity contribution in [1.82, 2.24) is 0 Å². The molecule has 1 aromatic carbocycles. The number of carbonyl (C=O) groups excluding carboxylic acids is 2. The van der Waals surface area contributed by atoms with E-state index in [1.807, 2.05) is 31.2 Å². The van der Waals surface area contributed by atoms with Gasteiger partial charge >= 0.3 is 5.97 Å². The number of hydrogen-bond donors (Lipinski definition) is 0. The molecule has 1 atom stereocenters. The topological polar surface area (TPSA) is 46.6 Å². The highest BCUT2D eigenvalue weighted by Crippen LogP contribution is 2.29. The Morgan fingerprint density at radius 3 is 2.83 bits per heavy atom. The monoisotopic (exact) mass is 247 g/mol. The first-order valence-corrected chi connectivity index (χ1v) is 6.19. The molecule has 1 amide bonds. The molecule has 0 spiro atoms. The Kier molecular flexibility index (Phi) is 3.65. The van der Waals surface area contributed by atoms with Gasteiger partial charge in [-0.25, -0.2) is 4.79 Å². The Bertz CT molecular complexity index is 470. The van der Waals surface area contributed by atoms with Crippen molar-refractivity contribution in [3.05, 3.63) is 29.8 Å². The van der Waals surface area contributed by atoms with Gasteiger partial charge < -0.3 is 4.74 Å². The highest BCUT2D eigenvalue weighted by atomic mass is 16.5. The molecular formula is C14H17NO3. The molecule has 1 saturated heterocycles. The summed E-state index contributed by atoms with van der Waals surface area (Å²) in [6.07, 6.45) is 0.934. The van der Waals surface area contributed by atoms with E-state index < -0.39 is 6.04 Å². The molecule has 1 aromatic rings. The number of amides is 1. The van der Waals surface area contributed by atoms with Crippen molar-refractivity contribution in [2.45, 2.75) is 32.7 Å². The average Bonchev–Trinajstić information content (AvgIpc) is 2.72. The van der Waals surface area contributed by atoms with E-state index in [0.717, 1.165) is 11.3 Å².